The number of hydrogen-bond donors (Lipinski definition) is 3. The van der Waals surface area contributed by atoms with Crippen molar-refractivity contribution >= 4 is 11.9 Å². The maximum Gasteiger partial charge on any atom is 0.330 e. The number of hydrogen-bond acceptors (Lipinski definition) is 3. The molecule has 0 aliphatic heterocycles. The summed E-state index contributed by atoms with van der Waals surface area (Å²) in [6.07, 6.45) is -2.69. The van der Waals surface area contributed by atoms with Crippen molar-refractivity contribution in [2.75, 3.05) is 13.2 Å². The molecule has 0 heterocycles. The number of alkyl halides is 2. The first kappa shape index (κ1) is 12.6. The van der Waals surface area contributed by atoms with Gasteiger partial charge in [0.1, 0.15) is 6.61 Å². The Morgan fingerprint density at radius 1 is 1.36 bits per heavy atom. The molecule has 0 aromatic rings. The largest absolute Gasteiger partial charge is 0.375 e. The zero-order valence-electron chi connectivity index (χ0n) is 7.26. The van der Waals surface area contributed by atoms with Gasteiger partial charge in [0.05, 0.1) is 13.0 Å². The summed E-state index contributed by atoms with van der Waals surface area (Å²) >= 11 is 0. The van der Waals surface area contributed by atoms with Crippen molar-refractivity contribution in [3.05, 3.63) is 0 Å². The van der Waals surface area contributed by atoms with E-state index in [0.29, 0.717) is 0 Å². The van der Waals surface area contributed by atoms with Crippen LogP contribution in [0.3, 0.4) is 0 Å². The monoisotopic (exact) mass is 211 g/mol. The average molecular weight is 211 g/mol. The van der Waals surface area contributed by atoms with Crippen LogP contribution in [0.4, 0.5) is 13.6 Å². The van der Waals surface area contributed by atoms with Gasteiger partial charge in [0.2, 0.25) is 5.91 Å². The van der Waals surface area contributed by atoms with E-state index in [1.807, 2.05) is 10.9 Å². The van der Waals surface area contributed by atoms with E-state index in [9.17, 15) is 18.4 Å². The van der Waals surface area contributed by atoms with Crippen LogP contribution >= 0.6 is 0 Å². The van der Waals surface area contributed by atoms with Crippen molar-refractivity contribution in [1.29, 1.82) is 0 Å². The lowest BCUT2D eigenvalue weighted by atomic mass is 10.4. The number of primary amides is 1. The molecule has 0 atom stereocenters. The molecule has 14 heavy (non-hydrogen) atoms. The van der Waals surface area contributed by atoms with Gasteiger partial charge in [-0.1, -0.05) is 0 Å². The summed E-state index contributed by atoms with van der Waals surface area (Å²) in [6.45, 7) is -0.854. The van der Waals surface area contributed by atoms with Gasteiger partial charge in [-0.15, -0.1) is 0 Å². The van der Waals surface area contributed by atoms with Gasteiger partial charge in [-0.05, 0) is 0 Å². The highest BCUT2D eigenvalue weighted by atomic mass is 19.3. The Balaban J connectivity index is 3.31. The first-order chi connectivity index (χ1) is 6.52. The lowest BCUT2D eigenvalue weighted by molar-refractivity contribution is -0.123. The standard InChI is InChI=1S/C6H11F2N3O3/c7-4(8)3-14-2-1-5(12)10-11-6(9)13/h4H,1-3H2,(H,10,12)(H3,9,11,13). The second-order valence-electron chi connectivity index (χ2n) is 2.25. The maximum absolute atomic E-state index is 11.5. The van der Waals surface area contributed by atoms with Crippen LogP contribution in [0.5, 0.6) is 0 Å². The van der Waals surface area contributed by atoms with Crippen LogP contribution in [0.25, 0.3) is 0 Å². The van der Waals surface area contributed by atoms with E-state index in [-0.39, 0.29) is 13.0 Å². The van der Waals surface area contributed by atoms with Gasteiger partial charge in [-0.25, -0.2) is 19.0 Å². The minimum absolute atomic E-state index is 0.132. The molecule has 0 saturated heterocycles. The molecule has 0 unspecified atom stereocenters. The number of rotatable bonds is 5. The molecule has 0 bridgehead atoms. The number of nitrogens with two attached hydrogens (primary N) is 1. The number of carbonyl (C=O) groups excluding carboxylic acids is 2. The van der Waals surface area contributed by atoms with E-state index >= 15 is 0 Å². The van der Waals surface area contributed by atoms with Crippen LogP contribution in [0.2, 0.25) is 0 Å². The second kappa shape index (κ2) is 7.01. The second-order valence-corrected chi connectivity index (χ2v) is 2.25. The molecular weight excluding hydrogens is 200 g/mol. The predicted molar refractivity (Wildman–Crippen MR) is 42.3 cm³/mol. The van der Waals surface area contributed by atoms with E-state index in [4.69, 9.17) is 0 Å². The fraction of sp³-hybridized carbons (Fsp3) is 0.667. The summed E-state index contributed by atoms with van der Waals surface area (Å²) in [5.41, 5.74) is 8.41. The molecule has 0 aliphatic carbocycles. The van der Waals surface area contributed by atoms with Gasteiger partial charge < -0.3 is 10.5 Å². The summed E-state index contributed by atoms with van der Waals surface area (Å²) in [6, 6.07) is -0.910. The molecular formula is C6H11F2N3O3. The van der Waals surface area contributed by atoms with Gasteiger partial charge in [0, 0.05) is 0 Å². The number of ether oxygens (including phenoxy) is 1. The molecule has 8 heteroatoms. The number of hydrazine groups is 1. The lowest BCUT2D eigenvalue weighted by Gasteiger charge is -2.05. The van der Waals surface area contributed by atoms with Gasteiger partial charge in [-0.3, -0.25) is 10.2 Å². The predicted octanol–water partition coefficient (Wildman–Crippen LogP) is -0.642. The third-order valence-corrected chi connectivity index (χ3v) is 1.04. The van der Waals surface area contributed by atoms with Crippen LogP contribution in [0, 0.1) is 0 Å². The fourth-order valence-corrected chi connectivity index (χ4v) is 0.531. The van der Waals surface area contributed by atoms with Crippen molar-refractivity contribution in [1.82, 2.24) is 10.9 Å². The number of urea groups is 1. The van der Waals surface area contributed by atoms with E-state index in [2.05, 4.69) is 10.5 Å². The van der Waals surface area contributed by atoms with E-state index in [1.165, 1.54) is 0 Å². The Labute approximate surface area is 78.7 Å². The van der Waals surface area contributed by atoms with E-state index < -0.39 is 25.0 Å². The summed E-state index contributed by atoms with van der Waals surface area (Å²) in [5, 5.41) is 0. The topological polar surface area (TPSA) is 93.5 Å². The van der Waals surface area contributed by atoms with Crippen molar-refractivity contribution in [2.45, 2.75) is 12.8 Å². The normalized spacial score (nSPS) is 9.93. The molecule has 3 amide bonds. The first-order valence-electron chi connectivity index (χ1n) is 3.72. The lowest BCUT2D eigenvalue weighted by Crippen LogP contribution is -2.44. The molecule has 0 aliphatic rings. The molecule has 0 fully saturated rings. The molecule has 6 nitrogen and oxygen atoms in total. The van der Waals surface area contributed by atoms with Crippen molar-refractivity contribution in [3.8, 4) is 0 Å². The number of nitrogens with one attached hydrogen (secondary N) is 2. The van der Waals surface area contributed by atoms with Crippen LogP contribution in [-0.4, -0.2) is 31.6 Å². The Morgan fingerprint density at radius 3 is 2.50 bits per heavy atom. The average Bonchev–Trinajstić information content (AvgIpc) is 2.08. The Bertz CT molecular complexity index is 201. The quantitative estimate of drug-likeness (QED) is 0.417. The molecule has 82 valence electrons. The molecule has 0 aromatic carbocycles. The first-order valence-corrected chi connectivity index (χ1v) is 3.72. The van der Waals surface area contributed by atoms with Gasteiger partial charge in [0.15, 0.2) is 0 Å². The summed E-state index contributed by atoms with van der Waals surface area (Å²) < 4.78 is 27.4. The molecule has 0 saturated carbocycles. The van der Waals surface area contributed by atoms with Crippen molar-refractivity contribution in [3.63, 3.8) is 0 Å². The zero-order valence-corrected chi connectivity index (χ0v) is 7.26. The molecule has 0 radical (unpaired) electrons. The minimum Gasteiger partial charge on any atom is -0.375 e. The minimum atomic E-state index is -2.55. The van der Waals surface area contributed by atoms with E-state index in [0.717, 1.165) is 0 Å². The van der Waals surface area contributed by atoms with Gasteiger partial charge in [0.25, 0.3) is 6.43 Å². The fourth-order valence-electron chi connectivity index (χ4n) is 0.531. The van der Waals surface area contributed by atoms with Crippen molar-refractivity contribution in [2.24, 2.45) is 5.73 Å². The highest BCUT2D eigenvalue weighted by Crippen LogP contribution is 1.93. The maximum atomic E-state index is 11.5. The SMILES string of the molecule is NC(=O)NNC(=O)CCOCC(F)F. The molecule has 0 spiro atoms. The summed E-state index contributed by atoms with van der Waals surface area (Å²) in [4.78, 5) is 20.8. The third kappa shape index (κ3) is 8.65. The Morgan fingerprint density at radius 2 is 2.00 bits per heavy atom. The van der Waals surface area contributed by atoms with Crippen LogP contribution in [-0.2, 0) is 9.53 Å². The third-order valence-electron chi connectivity index (χ3n) is 1.04. The van der Waals surface area contributed by atoms with Crippen LogP contribution in [0.15, 0.2) is 0 Å². The van der Waals surface area contributed by atoms with Gasteiger partial charge in [-0.2, -0.15) is 0 Å². The summed E-state index contributed by atoms with van der Waals surface area (Å²) in [5.74, 6) is -0.571. The smallest absolute Gasteiger partial charge is 0.330 e. The van der Waals surface area contributed by atoms with E-state index in [1.54, 1.807) is 0 Å². The van der Waals surface area contributed by atoms with Gasteiger partial charge >= 0.3 is 6.03 Å². The Kier molecular flexibility index (Phi) is 6.29. The molecule has 4 N–H and O–H groups in total. The van der Waals surface area contributed by atoms with Crippen LogP contribution < -0.4 is 16.6 Å². The van der Waals surface area contributed by atoms with Crippen molar-refractivity contribution < 1.29 is 23.1 Å². The Hall–Kier alpha value is -1.44. The zero-order chi connectivity index (χ0) is 11.0. The number of carbonyl (C=O) groups is 2. The van der Waals surface area contributed by atoms with Crippen LogP contribution in [0.1, 0.15) is 6.42 Å². The highest BCUT2D eigenvalue weighted by molar-refractivity contribution is 5.80. The molecule has 0 aromatic heterocycles. The highest BCUT2D eigenvalue weighted by Gasteiger charge is 2.04. The molecule has 0 rings (SSSR count). The number of halogens is 2. The summed E-state index contributed by atoms with van der Waals surface area (Å²) in [7, 11) is 0. The number of amides is 3.